The van der Waals surface area contributed by atoms with E-state index in [2.05, 4.69) is 10.3 Å². The fraction of sp³-hybridized carbons (Fsp3) is 0.267. The van der Waals surface area contributed by atoms with Crippen LogP contribution in [0.2, 0.25) is 0 Å². The average molecular weight is 303 g/mol. The normalized spacial score (nSPS) is 19.7. The molecule has 2 unspecified atom stereocenters. The van der Waals surface area contributed by atoms with Gasteiger partial charge in [0.15, 0.2) is 5.69 Å². The van der Waals surface area contributed by atoms with Crippen molar-refractivity contribution >= 4 is 5.91 Å². The van der Waals surface area contributed by atoms with Gasteiger partial charge >= 0.3 is 0 Å². The molecule has 22 heavy (non-hydrogen) atoms. The lowest BCUT2D eigenvalue weighted by Crippen LogP contribution is -2.30. The van der Waals surface area contributed by atoms with Crippen molar-refractivity contribution < 1.29 is 14.3 Å². The van der Waals surface area contributed by atoms with Crippen molar-refractivity contribution in [1.29, 1.82) is 0 Å². The number of aryl methyl sites for hydroxylation is 1. The standard InChI is InChI=1S/C15H14FN3O3/c1-19-7-17-12(13(20)15(19)22)14(21)18-11-6-10(11)8-2-4-9(16)5-3-8/h2-5,7,10-11,20H,6H2,1H3,(H,18,21). The van der Waals surface area contributed by atoms with Gasteiger partial charge in [0.25, 0.3) is 11.5 Å². The fourth-order valence-electron chi connectivity index (χ4n) is 2.36. The lowest BCUT2D eigenvalue weighted by Gasteiger charge is -2.06. The highest BCUT2D eigenvalue weighted by Crippen LogP contribution is 2.40. The molecule has 114 valence electrons. The quantitative estimate of drug-likeness (QED) is 0.883. The van der Waals surface area contributed by atoms with Gasteiger partial charge in [0.05, 0.1) is 6.33 Å². The summed E-state index contributed by atoms with van der Waals surface area (Å²) in [7, 11) is 1.43. The second-order valence-electron chi connectivity index (χ2n) is 5.33. The SMILES string of the molecule is Cn1cnc(C(=O)NC2CC2c2ccc(F)cc2)c(O)c1=O. The molecule has 1 aliphatic carbocycles. The summed E-state index contributed by atoms with van der Waals surface area (Å²) in [6, 6.07) is 6.00. The minimum atomic E-state index is -0.675. The van der Waals surface area contributed by atoms with Crippen LogP contribution in [-0.2, 0) is 7.05 Å². The monoisotopic (exact) mass is 303 g/mol. The van der Waals surface area contributed by atoms with E-state index in [-0.39, 0.29) is 23.5 Å². The third-order valence-corrected chi connectivity index (χ3v) is 3.73. The Balaban J connectivity index is 1.70. The molecule has 1 aromatic carbocycles. The molecule has 2 N–H and O–H groups in total. The van der Waals surface area contributed by atoms with Crippen LogP contribution in [0.15, 0.2) is 35.4 Å². The lowest BCUT2D eigenvalue weighted by molar-refractivity contribution is 0.0941. The van der Waals surface area contributed by atoms with Gasteiger partial charge in [-0.15, -0.1) is 0 Å². The van der Waals surface area contributed by atoms with Gasteiger partial charge in [-0.3, -0.25) is 14.2 Å². The van der Waals surface area contributed by atoms with Gasteiger partial charge in [-0.25, -0.2) is 9.37 Å². The Morgan fingerprint density at radius 3 is 2.77 bits per heavy atom. The van der Waals surface area contributed by atoms with Crippen molar-refractivity contribution in [2.24, 2.45) is 7.05 Å². The van der Waals surface area contributed by atoms with E-state index < -0.39 is 17.2 Å². The van der Waals surface area contributed by atoms with Gasteiger partial charge in [0.2, 0.25) is 5.75 Å². The third-order valence-electron chi connectivity index (χ3n) is 3.73. The summed E-state index contributed by atoms with van der Waals surface area (Å²) in [5, 5.41) is 12.4. The summed E-state index contributed by atoms with van der Waals surface area (Å²) in [5.74, 6) is -1.45. The zero-order valence-electron chi connectivity index (χ0n) is 11.8. The molecule has 1 fully saturated rings. The Bertz CT molecular complexity index is 786. The molecule has 2 aromatic rings. The number of nitrogens with zero attached hydrogens (tertiary/aromatic N) is 2. The van der Waals surface area contributed by atoms with Gasteiger partial charge in [0, 0.05) is 19.0 Å². The van der Waals surface area contributed by atoms with Crippen LogP contribution in [0.4, 0.5) is 4.39 Å². The van der Waals surface area contributed by atoms with Gasteiger partial charge in [-0.2, -0.15) is 0 Å². The van der Waals surface area contributed by atoms with E-state index in [1.807, 2.05) is 0 Å². The summed E-state index contributed by atoms with van der Waals surface area (Å²) in [4.78, 5) is 27.4. The maximum atomic E-state index is 12.9. The average Bonchev–Trinajstić information content (AvgIpc) is 3.24. The summed E-state index contributed by atoms with van der Waals surface area (Å²) < 4.78 is 14.0. The number of carbonyl (C=O) groups is 1. The largest absolute Gasteiger partial charge is 0.501 e. The number of rotatable bonds is 3. The number of nitrogens with one attached hydrogen (secondary N) is 1. The van der Waals surface area contributed by atoms with E-state index in [0.717, 1.165) is 16.6 Å². The molecule has 1 aromatic heterocycles. The summed E-state index contributed by atoms with van der Waals surface area (Å²) in [6.45, 7) is 0. The van der Waals surface area contributed by atoms with Crippen LogP contribution in [0.5, 0.6) is 5.75 Å². The molecule has 0 bridgehead atoms. The van der Waals surface area contributed by atoms with Crippen LogP contribution >= 0.6 is 0 Å². The van der Waals surface area contributed by atoms with Gasteiger partial charge < -0.3 is 10.4 Å². The number of hydrogen-bond donors (Lipinski definition) is 2. The van der Waals surface area contributed by atoms with Gasteiger partial charge in [0.1, 0.15) is 5.82 Å². The van der Waals surface area contributed by atoms with Crippen LogP contribution in [0.25, 0.3) is 0 Å². The number of hydrogen-bond acceptors (Lipinski definition) is 4. The van der Waals surface area contributed by atoms with Crippen LogP contribution in [0, 0.1) is 5.82 Å². The zero-order chi connectivity index (χ0) is 15.9. The molecule has 6 nitrogen and oxygen atoms in total. The second kappa shape index (κ2) is 5.25. The van der Waals surface area contributed by atoms with Crippen molar-refractivity contribution in [3.8, 4) is 5.75 Å². The number of halogens is 1. The number of benzene rings is 1. The molecule has 3 rings (SSSR count). The summed E-state index contributed by atoms with van der Waals surface area (Å²) >= 11 is 0. The van der Waals surface area contributed by atoms with Crippen molar-refractivity contribution in [2.45, 2.75) is 18.4 Å². The van der Waals surface area contributed by atoms with E-state index in [0.29, 0.717) is 0 Å². The van der Waals surface area contributed by atoms with Crippen molar-refractivity contribution in [2.75, 3.05) is 0 Å². The maximum Gasteiger partial charge on any atom is 0.296 e. The van der Waals surface area contributed by atoms with Crippen molar-refractivity contribution in [3.63, 3.8) is 0 Å². The molecular weight excluding hydrogens is 289 g/mol. The van der Waals surface area contributed by atoms with Crippen LogP contribution in [-0.4, -0.2) is 26.6 Å². The first kappa shape index (κ1) is 14.2. The fourth-order valence-corrected chi connectivity index (χ4v) is 2.36. The zero-order valence-corrected chi connectivity index (χ0v) is 11.8. The van der Waals surface area contributed by atoms with E-state index in [1.165, 1.54) is 25.5 Å². The Labute approximate surface area is 125 Å². The molecule has 1 aliphatic rings. The molecule has 0 aliphatic heterocycles. The predicted octanol–water partition coefficient (Wildman–Crippen LogP) is 0.911. The van der Waals surface area contributed by atoms with Gasteiger partial charge in [-0.1, -0.05) is 12.1 Å². The Hall–Kier alpha value is -2.70. The first-order chi connectivity index (χ1) is 10.5. The molecule has 2 atom stereocenters. The van der Waals surface area contributed by atoms with Gasteiger partial charge in [-0.05, 0) is 24.1 Å². The first-order valence-corrected chi connectivity index (χ1v) is 6.78. The number of amides is 1. The molecular formula is C15H14FN3O3. The Morgan fingerprint density at radius 1 is 1.41 bits per heavy atom. The Morgan fingerprint density at radius 2 is 2.09 bits per heavy atom. The molecule has 7 heteroatoms. The second-order valence-corrected chi connectivity index (χ2v) is 5.33. The minimum absolute atomic E-state index is 0.108. The first-order valence-electron chi connectivity index (χ1n) is 6.78. The molecule has 0 radical (unpaired) electrons. The van der Waals surface area contributed by atoms with Crippen LogP contribution in [0.1, 0.15) is 28.4 Å². The van der Waals surface area contributed by atoms with E-state index in [4.69, 9.17) is 0 Å². The smallest absolute Gasteiger partial charge is 0.296 e. The molecule has 1 saturated carbocycles. The van der Waals surface area contributed by atoms with Crippen LogP contribution < -0.4 is 10.9 Å². The van der Waals surface area contributed by atoms with Crippen molar-refractivity contribution in [1.82, 2.24) is 14.9 Å². The van der Waals surface area contributed by atoms with E-state index in [9.17, 15) is 19.1 Å². The minimum Gasteiger partial charge on any atom is -0.501 e. The highest BCUT2D eigenvalue weighted by atomic mass is 19.1. The number of carbonyl (C=O) groups excluding carboxylic acids is 1. The van der Waals surface area contributed by atoms with Crippen molar-refractivity contribution in [3.05, 3.63) is 58.0 Å². The summed E-state index contributed by atoms with van der Waals surface area (Å²) in [6.07, 6.45) is 1.91. The molecule has 0 spiro atoms. The van der Waals surface area contributed by atoms with E-state index >= 15 is 0 Å². The topological polar surface area (TPSA) is 84.2 Å². The lowest BCUT2D eigenvalue weighted by atomic mass is 10.1. The molecule has 0 saturated heterocycles. The van der Waals surface area contributed by atoms with Crippen LogP contribution in [0.3, 0.4) is 0 Å². The maximum absolute atomic E-state index is 12.9. The molecule has 1 heterocycles. The highest BCUT2D eigenvalue weighted by molar-refractivity contribution is 5.95. The van der Waals surface area contributed by atoms with E-state index in [1.54, 1.807) is 12.1 Å². The Kier molecular flexibility index (Phi) is 3.40. The molecule has 1 amide bonds. The number of aromatic hydroxyl groups is 1. The highest BCUT2D eigenvalue weighted by Gasteiger charge is 2.40. The summed E-state index contributed by atoms with van der Waals surface area (Å²) in [5.41, 5.74) is -0.0215. The predicted molar refractivity (Wildman–Crippen MR) is 76.2 cm³/mol. The third kappa shape index (κ3) is 2.57. The number of aromatic nitrogens is 2.